The van der Waals surface area contributed by atoms with Gasteiger partial charge in [-0.3, -0.25) is 18.8 Å². The first-order valence-electron chi connectivity index (χ1n) is 18.6. The molecule has 0 radical (unpaired) electrons. The van der Waals surface area contributed by atoms with E-state index in [0.717, 1.165) is 0 Å². The fourth-order valence-corrected chi connectivity index (χ4v) is 7.07. The molecule has 2 aliphatic rings. The number of unbranched alkanes of at least 4 members (excludes halogenated alkanes) is 1. The number of fused-ring (bicyclic) bond motifs is 4. The first kappa shape index (κ1) is 45.1. The van der Waals surface area contributed by atoms with Crippen LogP contribution in [0, 0.1) is 0 Å². The SMILES string of the molecule is CC(C)(C)OC(=O)N[C@@H](CCCC[NH+]=C(O)OC(C)(C)C)C(=O)Nc1cc2c(c3ccccc13)N=C1C=CC(N(CCCS(=O)(=O)O)CCCS(=O)(=O)O)C=C1O2. The normalized spacial score (nSPS) is 16.5. The first-order chi connectivity index (χ1) is 26.5. The van der Waals surface area contributed by atoms with Crippen LogP contribution in [0.25, 0.3) is 10.8 Å². The van der Waals surface area contributed by atoms with Crippen LogP contribution < -0.4 is 20.4 Å². The molecule has 17 nitrogen and oxygen atoms in total. The standard InChI is InChI=1S/C38H53N5O12S2/c1-37(2,3)54-35(45)39-18-10-9-15-29(42-36(46)55-38(4,5)6)34(44)41-30-24-32-33(27-14-8-7-13-26(27)30)40-28-17-16-25(23-31(28)53-32)43(19-11-21-56(47,48)49)20-12-22-57(50,51)52/h7-8,13-14,16-17,23-25,29H,9-12,15,18-22H2,1-6H3,(H,39,45)(H,41,44)(H,42,46)(H,47,48,49)(H,50,51,52)/p+1/t25?,29-/m0/s1. The van der Waals surface area contributed by atoms with E-state index in [9.17, 15) is 40.6 Å². The van der Waals surface area contributed by atoms with Crippen molar-refractivity contribution < 1.29 is 59.8 Å². The molecule has 314 valence electrons. The van der Waals surface area contributed by atoms with Gasteiger partial charge in [-0.05, 0) is 79.4 Å². The molecule has 4 rings (SSSR count). The molecule has 1 aliphatic heterocycles. The van der Waals surface area contributed by atoms with Crippen molar-refractivity contribution in [1.82, 2.24) is 10.2 Å². The van der Waals surface area contributed by atoms with E-state index in [1.807, 2.05) is 30.3 Å². The van der Waals surface area contributed by atoms with Gasteiger partial charge in [-0.25, -0.2) is 9.79 Å². The lowest BCUT2D eigenvalue weighted by Gasteiger charge is -2.31. The van der Waals surface area contributed by atoms with Crippen LogP contribution in [0.4, 0.5) is 16.2 Å². The Labute approximate surface area is 333 Å². The second kappa shape index (κ2) is 18.8. The summed E-state index contributed by atoms with van der Waals surface area (Å²) < 4.78 is 81.3. The Morgan fingerprint density at radius 3 is 2.14 bits per heavy atom. The monoisotopic (exact) mass is 836 g/mol. The van der Waals surface area contributed by atoms with E-state index in [-0.39, 0.29) is 38.4 Å². The fraction of sp³-hybridized carbons (Fsp3) is 0.526. The molecular formula is C38H54N5O12S2+. The summed E-state index contributed by atoms with van der Waals surface area (Å²) >= 11 is 0. The van der Waals surface area contributed by atoms with Crippen molar-refractivity contribution in [2.75, 3.05) is 36.5 Å². The topological polar surface area (TPSA) is 244 Å². The number of benzene rings is 2. The number of alkyl carbamates (subject to hydrolysis) is 1. The van der Waals surface area contributed by atoms with Gasteiger partial charge < -0.3 is 30.0 Å². The second-order valence-electron chi connectivity index (χ2n) is 15.7. The van der Waals surface area contributed by atoms with Gasteiger partial charge in [-0.1, -0.05) is 30.3 Å². The highest BCUT2D eigenvalue weighted by atomic mass is 32.2. The van der Waals surface area contributed by atoms with Gasteiger partial charge in [0.25, 0.3) is 20.2 Å². The summed E-state index contributed by atoms with van der Waals surface area (Å²) in [7, 11) is -8.45. The summed E-state index contributed by atoms with van der Waals surface area (Å²) in [5, 5.41) is 17.0. The average molecular weight is 837 g/mol. The zero-order chi connectivity index (χ0) is 42.2. The van der Waals surface area contributed by atoms with Gasteiger partial charge in [0.1, 0.15) is 35.2 Å². The summed E-state index contributed by atoms with van der Waals surface area (Å²) in [6.07, 6.45) is 5.62. The first-order valence-corrected chi connectivity index (χ1v) is 21.8. The van der Waals surface area contributed by atoms with Gasteiger partial charge in [-0.15, -0.1) is 0 Å². The lowest BCUT2D eigenvalue weighted by Crippen LogP contribution is -2.74. The summed E-state index contributed by atoms with van der Waals surface area (Å²) in [6, 6.07) is 7.47. The molecule has 0 saturated heterocycles. The zero-order valence-electron chi connectivity index (χ0n) is 33.1. The molecule has 19 heteroatoms. The van der Waals surface area contributed by atoms with Crippen LogP contribution in [0.15, 0.2) is 59.3 Å². The Balaban J connectivity index is 1.58. The predicted molar refractivity (Wildman–Crippen MR) is 216 cm³/mol. The van der Waals surface area contributed by atoms with Crippen LogP contribution in [0.5, 0.6) is 5.75 Å². The number of allylic oxidation sites excluding steroid dienone is 1. The average Bonchev–Trinajstić information content (AvgIpc) is 3.07. The van der Waals surface area contributed by atoms with E-state index >= 15 is 0 Å². The van der Waals surface area contributed by atoms with E-state index in [2.05, 4.69) is 15.6 Å². The van der Waals surface area contributed by atoms with Crippen molar-refractivity contribution in [2.45, 2.75) is 96.9 Å². The van der Waals surface area contributed by atoms with E-state index in [4.69, 9.17) is 19.2 Å². The van der Waals surface area contributed by atoms with Gasteiger partial charge >= 0.3 is 12.2 Å². The van der Waals surface area contributed by atoms with Gasteiger partial charge in [0.05, 0.1) is 23.2 Å². The number of rotatable bonds is 17. The quantitative estimate of drug-likeness (QED) is 0.0576. The third kappa shape index (κ3) is 15.0. The summed E-state index contributed by atoms with van der Waals surface area (Å²) in [4.78, 5) is 36.3. The van der Waals surface area contributed by atoms with E-state index in [1.54, 1.807) is 64.7 Å². The van der Waals surface area contributed by atoms with Crippen LogP contribution in [0.2, 0.25) is 0 Å². The maximum Gasteiger partial charge on any atom is 0.545 e. The highest BCUT2D eigenvalue weighted by Crippen LogP contribution is 2.44. The minimum absolute atomic E-state index is 0.0627. The second-order valence-corrected chi connectivity index (χ2v) is 18.9. The van der Waals surface area contributed by atoms with Crippen molar-refractivity contribution in [1.29, 1.82) is 0 Å². The molecular weight excluding hydrogens is 783 g/mol. The van der Waals surface area contributed by atoms with Gasteiger partial charge in [0, 0.05) is 36.3 Å². The number of amides is 2. The van der Waals surface area contributed by atoms with Crippen LogP contribution >= 0.6 is 0 Å². The van der Waals surface area contributed by atoms with Crippen molar-refractivity contribution in [3.8, 4) is 5.75 Å². The zero-order valence-corrected chi connectivity index (χ0v) is 34.7. The van der Waals surface area contributed by atoms with Crippen molar-refractivity contribution in [3.05, 3.63) is 54.3 Å². The minimum Gasteiger partial charge on any atom is -0.453 e. The number of carbonyl (C=O) groups is 2. The molecule has 1 heterocycles. The maximum absolute atomic E-state index is 13.9. The Morgan fingerprint density at radius 1 is 0.930 bits per heavy atom. The van der Waals surface area contributed by atoms with Crippen molar-refractivity contribution >= 4 is 66.2 Å². The van der Waals surface area contributed by atoms with Crippen molar-refractivity contribution in [2.24, 2.45) is 4.99 Å². The molecule has 1 unspecified atom stereocenters. The number of nitrogens with one attached hydrogen (secondary N) is 3. The number of aliphatic imine (C=N–C) groups is 1. The third-order valence-electron chi connectivity index (χ3n) is 8.44. The highest BCUT2D eigenvalue weighted by molar-refractivity contribution is 7.86. The van der Waals surface area contributed by atoms with E-state index in [1.165, 1.54) is 0 Å². The van der Waals surface area contributed by atoms with Crippen LogP contribution in [0.1, 0.15) is 73.6 Å². The highest BCUT2D eigenvalue weighted by Gasteiger charge is 2.29. The molecule has 0 aromatic heterocycles. The summed E-state index contributed by atoms with van der Waals surface area (Å²) in [5.74, 6) is -0.793. The number of carbonyl (C=O) groups excluding carboxylic acids is 2. The van der Waals surface area contributed by atoms with Crippen LogP contribution in [-0.4, -0.2) is 114 Å². The molecule has 6 N–H and O–H groups in total. The van der Waals surface area contributed by atoms with Crippen LogP contribution in [0.3, 0.4) is 0 Å². The lowest BCUT2D eigenvalue weighted by atomic mass is 10.0. The molecule has 2 aromatic rings. The fourth-order valence-electron chi connectivity index (χ4n) is 6.09. The molecule has 2 aromatic carbocycles. The number of anilines is 1. The molecule has 2 atom stereocenters. The van der Waals surface area contributed by atoms with E-state index in [0.29, 0.717) is 58.8 Å². The number of aliphatic hydroxyl groups excluding tert-OH is 1. The predicted octanol–water partition coefficient (Wildman–Crippen LogP) is 3.80. The largest absolute Gasteiger partial charge is 0.545 e. The number of hydrogen-bond donors (Lipinski definition) is 6. The Morgan fingerprint density at radius 2 is 1.54 bits per heavy atom. The van der Waals surface area contributed by atoms with Crippen molar-refractivity contribution in [3.63, 3.8) is 0 Å². The Bertz CT molecular complexity index is 2100. The molecule has 0 fully saturated rings. The molecule has 57 heavy (non-hydrogen) atoms. The molecule has 1 aliphatic carbocycles. The third-order valence-corrected chi connectivity index (χ3v) is 10.0. The molecule has 2 amide bonds. The lowest BCUT2D eigenvalue weighted by molar-refractivity contribution is -0.481. The van der Waals surface area contributed by atoms with Gasteiger partial charge in [-0.2, -0.15) is 21.8 Å². The molecule has 0 spiro atoms. The minimum atomic E-state index is -4.22. The Kier molecular flexibility index (Phi) is 14.9. The van der Waals surface area contributed by atoms with Gasteiger partial charge in [0.15, 0.2) is 11.5 Å². The Hall–Kier alpha value is -4.56. The number of aliphatic hydroxyl groups is 1. The maximum atomic E-state index is 13.9. The smallest absolute Gasteiger partial charge is 0.453 e. The van der Waals surface area contributed by atoms with Crippen LogP contribution in [-0.2, 0) is 34.5 Å². The summed E-state index contributed by atoms with van der Waals surface area (Å²) in [6.45, 7) is 11.3. The van der Waals surface area contributed by atoms with Gasteiger partial charge in [0.2, 0.25) is 5.91 Å². The molecule has 0 bridgehead atoms. The number of hydrogen-bond acceptors (Lipinski definition) is 11. The number of ether oxygens (including phenoxy) is 3. The summed E-state index contributed by atoms with van der Waals surface area (Å²) in [5.41, 5.74) is 0.0230. The van der Waals surface area contributed by atoms with E-state index < -0.39 is 67.0 Å². The number of nitrogens with zero attached hydrogens (tertiary/aromatic N) is 2. The molecule has 0 saturated carbocycles.